The van der Waals surface area contributed by atoms with Crippen molar-refractivity contribution in [3.8, 4) is 0 Å². The first-order valence-electron chi connectivity index (χ1n) is 8.43. The molecule has 2 fully saturated rings. The minimum Gasteiger partial charge on any atom is -0.0654 e. The quantitative estimate of drug-likeness (QED) is 0.491. The third kappa shape index (κ3) is 8.69. The summed E-state index contributed by atoms with van der Waals surface area (Å²) < 4.78 is 0. The van der Waals surface area contributed by atoms with E-state index in [1.165, 1.54) is 96.3 Å². The second kappa shape index (κ2) is 11.1. The molecule has 0 radical (unpaired) electrons. The summed E-state index contributed by atoms with van der Waals surface area (Å²) >= 11 is 0. The van der Waals surface area contributed by atoms with Gasteiger partial charge in [0.15, 0.2) is 0 Å². The van der Waals surface area contributed by atoms with E-state index in [1.807, 2.05) is 0 Å². The van der Waals surface area contributed by atoms with Crippen LogP contribution < -0.4 is 0 Å². The first-order chi connectivity index (χ1) is 8.43. The van der Waals surface area contributed by atoms with Crippen molar-refractivity contribution in [2.24, 2.45) is 5.92 Å². The van der Waals surface area contributed by atoms with Crippen molar-refractivity contribution in [3.05, 3.63) is 0 Å². The van der Waals surface area contributed by atoms with E-state index in [2.05, 4.69) is 6.92 Å². The average Bonchev–Trinajstić information content (AvgIpc) is 2.43. The SMILES string of the molecule is C1CCCCC1.CCCCCC1CCCCC1. The molecular weight excluding hydrogens is 204 g/mol. The number of unbranched alkanes of at least 4 members (excludes halogenated alkanes) is 2. The number of hydrogen-bond donors (Lipinski definition) is 0. The van der Waals surface area contributed by atoms with Gasteiger partial charge in [-0.1, -0.05) is 103 Å². The Bertz CT molecular complexity index is 129. The molecule has 0 aliphatic heterocycles. The molecule has 0 nitrogen and oxygen atoms in total. The van der Waals surface area contributed by atoms with Gasteiger partial charge >= 0.3 is 0 Å². The Morgan fingerprint density at radius 1 is 0.647 bits per heavy atom. The van der Waals surface area contributed by atoms with Crippen LogP contribution in [-0.2, 0) is 0 Å². The second-order valence-electron chi connectivity index (χ2n) is 6.12. The molecular formula is C17H34. The van der Waals surface area contributed by atoms with E-state index in [0.717, 1.165) is 5.92 Å². The maximum Gasteiger partial charge on any atom is -0.0414 e. The van der Waals surface area contributed by atoms with Crippen molar-refractivity contribution >= 4 is 0 Å². The van der Waals surface area contributed by atoms with Gasteiger partial charge in [0.2, 0.25) is 0 Å². The topological polar surface area (TPSA) is 0 Å². The summed E-state index contributed by atoms with van der Waals surface area (Å²) in [7, 11) is 0. The lowest BCUT2D eigenvalue weighted by Gasteiger charge is -2.20. The predicted octanol–water partition coefficient (Wildman–Crippen LogP) is 6.49. The van der Waals surface area contributed by atoms with E-state index in [0.29, 0.717) is 0 Å². The minimum absolute atomic E-state index is 1.11. The monoisotopic (exact) mass is 238 g/mol. The molecule has 0 bridgehead atoms. The van der Waals surface area contributed by atoms with E-state index in [9.17, 15) is 0 Å². The summed E-state index contributed by atoms with van der Waals surface area (Å²) in [5, 5.41) is 0. The van der Waals surface area contributed by atoms with Crippen molar-refractivity contribution in [1.82, 2.24) is 0 Å². The van der Waals surface area contributed by atoms with Crippen LogP contribution in [0, 0.1) is 5.92 Å². The zero-order valence-electron chi connectivity index (χ0n) is 12.2. The Morgan fingerprint density at radius 3 is 1.59 bits per heavy atom. The van der Waals surface area contributed by atoms with Gasteiger partial charge in [-0.3, -0.25) is 0 Å². The van der Waals surface area contributed by atoms with Gasteiger partial charge in [-0.15, -0.1) is 0 Å². The molecule has 2 rings (SSSR count). The van der Waals surface area contributed by atoms with Gasteiger partial charge in [0.1, 0.15) is 0 Å². The summed E-state index contributed by atoms with van der Waals surface area (Å²) in [5.74, 6) is 1.11. The first-order valence-corrected chi connectivity index (χ1v) is 8.43. The maximum atomic E-state index is 2.29. The molecule has 102 valence electrons. The summed E-state index contributed by atoms with van der Waals surface area (Å²) in [6.45, 7) is 2.29. The van der Waals surface area contributed by atoms with Gasteiger partial charge in [0.25, 0.3) is 0 Å². The molecule has 0 saturated heterocycles. The van der Waals surface area contributed by atoms with E-state index in [4.69, 9.17) is 0 Å². The fourth-order valence-electron chi connectivity index (χ4n) is 3.22. The molecule has 2 aliphatic rings. The van der Waals surface area contributed by atoms with E-state index in [-0.39, 0.29) is 0 Å². The lowest BCUT2D eigenvalue weighted by molar-refractivity contribution is 0.329. The zero-order chi connectivity index (χ0) is 12.2. The molecule has 17 heavy (non-hydrogen) atoms. The minimum atomic E-state index is 1.11. The average molecular weight is 238 g/mol. The Labute approximate surface area is 110 Å². The van der Waals surface area contributed by atoms with Gasteiger partial charge in [-0.2, -0.15) is 0 Å². The van der Waals surface area contributed by atoms with E-state index < -0.39 is 0 Å². The highest BCUT2D eigenvalue weighted by molar-refractivity contribution is 4.65. The van der Waals surface area contributed by atoms with Crippen molar-refractivity contribution in [2.75, 3.05) is 0 Å². The Balaban J connectivity index is 0.000000202. The third-order valence-corrected chi connectivity index (χ3v) is 4.44. The van der Waals surface area contributed by atoms with Crippen LogP contribution in [0.2, 0.25) is 0 Å². The molecule has 0 heterocycles. The summed E-state index contributed by atoms with van der Waals surface area (Å²) in [6, 6.07) is 0. The van der Waals surface area contributed by atoms with Gasteiger partial charge in [-0.25, -0.2) is 0 Å². The summed E-state index contributed by atoms with van der Waals surface area (Å²) in [5.41, 5.74) is 0. The Kier molecular flexibility index (Phi) is 9.84. The molecule has 0 atom stereocenters. The van der Waals surface area contributed by atoms with Crippen LogP contribution in [0.1, 0.15) is 103 Å². The number of hydrogen-bond acceptors (Lipinski definition) is 0. The molecule has 0 spiro atoms. The molecule has 0 amide bonds. The van der Waals surface area contributed by atoms with Gasteiger partial charge in [-0.05, 0) is 5.92 Å². The summed E-state index contributed by atoms with van der Waals surface area (Å²) in [4.78, 5) is 0. The molecule has 0 aromatic rings. The standard InChI is InChI=1S/C11H22.C6H12/c1-2-3-5-8-11-9-6-4-7-10-11;1-2-4-6-5-3-1/h11H,2-10H2,1H3;1-6H2. The molecule has 0 N–H and O–H groups in total. The molecule has 2 aliphatic carbocycles. The fraction of sp³-hybridized carbons (Fsp3) is 1.00. The largest absolute Gasteiger partial charge is 0.0654 e. The molecule has 2 saturated carbocycles. The van der Waals surface area contributed by atoms with Crippen molar-refractivity contribution in [2.45, 2.75) is 103 Å². The molecule has 0 heteroatoms. The zero-order valence-corrected chi connectivity index (χ0v) is 12.2. The summed E-state index contributed by atoms with van der Waals surface area (Å²) in [6.07, 6.45) is 22.4. The third-order valence-electron chi connectivity index (χ3n) is 4.44. The van der Waals surface area contributed by atoms with Crippen LogP contribution in [0.15, 0.2) is 0 Å². The second-order valence-corrected chi connectivity index (χ2v) is 6.12. The van der Waals surface area contributed by atoms with E-state index in [1.54, 1.807) is 0 Å². The predicted molar refractivity (Wildman–Crippen MR) is 78.4 cm³/mol. The fourth-order valence-corrected chi connectivity index (χ4v) is 3.22. The smallest absolute Gasteiger partial charge is 0.0414 e. The van der Waals surface area contributed by atoms with Crippen molar-refractivity contribution < 1.29 is 0 Å². The number of rotatable bonds is 4. The van der Waals surface area contributed by atoms with Crippen LogP contribution in [0.3, 0.4) is 0 Å². The lowest BCUT2D eigenvalue weighted by atomic mass is 9.86. The van der Waals surface area contributed by atoms with Gasteiger partial charge in [0, 0.05) is 0 Å². The van der Waals surface area contributed by atoms with Crippen LogP contribution in [0.25, 0.3) is 0 Å². The highest BCUT2D eigenvalue weighted by Gasteiger charge is 2.11. The van der Waals surface area contributed by atoms with Crippen molar-refractivity contribution in [1.29, 1.82) is 0 Å². The normalized spacial score (nSPS) is 21.7. The Hall–Kier alpha value is 0. The lowest BCUT2D eigenvalue weighted by Crippen LogP contribution is -2.05. The van der Waals surface area contributed by atoms with E-state index >= 15 is 0 Å². The van der Waals surface area contributed by atoms with Crippen LogP contribution in [0.5, 0.6) is 0 Å². The Morgan fingerprint density at radius 2 is 1.12 bits per heavy atom. The van der Waals surface area contributed by atoms with Crippen molar-refractivity contribution in [3.63, 3.8) is 0 Å². The van der Waals surface area contributed by atoms with Crippen LogP contribution in [0.4, 0.5) is 0 Å². The first kappa shape index (κ1) is 15.1. The molecule has 0 unspecified atom stereocenters. The highest BCUT2D eigenvalue weighted by Crippen LogP contribution is 2.27. The van der Waals surface area contributed by atoms with Gasteiger partial charge in [0.05, 0.1) is 0 Å². The van der Waals surface area contributed by atoms with Crippen LogP contribution >= 0.6 is 0 Å². The highest BCUT2D eigenvalue weighted by atomic mass is 14.2. The van der Waals surface area contributed by atoms with Gasteiger partial charge < -0.3 is 0 Å². The molecule has 0 aromatic carbocycles. The molecule has 0 aromatic heterocycles. The van der Waals surface area contributed by atoms with Crippen LogP contribution in [-0.4, -0.2) is 0 Å². The maximum absolute atomic E-state index is 2.29.